The summed E-state index contributed by atoms with van der Waals surface area (Å²) in [5, 5.41) is 15.6. The number of furan rings is 1. The van der Waals surface area contributed by atoms with Gasteiger partial charge in [-0.25, -0.2) is 10.2 Å². The Bertz CT molecular complexity index is 1080. The first-order valence-corrected chi connectivity index (χ1v) is 8.45. The maximum atomic E-state index is 12.1. The number of esters is 1. The molecular weight excluding hydrogens is 402 g/mol. The second kappa shape index (κ2) is 8.81. The predicted molar refractivity (Wildman–Crippen MR) is 103 cm³/mol. The number of carbonyl (C=O) groups is 2. The van der Waals surface area contributed by atoms with E-state index in [-0.39, 0.29) is 17.1 Å². The molecule has 0 atom stereocenters. The molecule has 9 nitrogen and oxygen atoms in total. The Hall–Kier alpha value is -3.98. The summed E-state index contributed by atoms with van der Waals surface area (Å²) in [7, 11) is 0. The quantitative estimate of drug-likeness (QED) is 0.215. The highest BCUT2D eigenvalue weighted by atomic mass is 35.5. The van der Waals surface area contributed by atoms with Crippen molar-refractivity contribution < 1.29 is 23.7 Å². The van der Waals surface area contributed by atoms with E-state index in [9.17, 15) is 19.7 Å². The van der Waals surface area contributed by atoms with E-state index in [1.54, 1.807) is 12.1 Å². The van der Waals surface area contributed by atoms with Crippen molar-refractivity contribution in [2.75, 3.05) is 0 Å². The van der Waals surface area contributed by atoms with Crippen LogP contribution in [0.2, 0.25) is 5.02 Å². The van der Waals surface area contributed by atoms with Gasteiger partial charge in [-0.1, -0.05) is 17.7 Å². The van der Waals surface area contributed by atoms with E-state index in [4.69, 9.17) is 20.8 Å². The van der Waals surface area contributed by atoms with Gasteiger partial charge < -0.3 is 9.15 Å². The molecular formula is C19H12ClN3O6. The molecule has 0 aliphatic heterocycles. The Kier molecular flexibility index (Phi) is 6.00. The van der Waals surface area contributed by atoms with Crippen LogP contribution in [0.25, 0.3) is 0 Å². The topological polar surface area (TPSA) is 124 Å². The van der Waals surface area contributed by atoms with Crippen LogP contribution in [0, 0.1) is 10.1 Å². The molecule has 1 heterocycles. The van der Waals surface area contributed by atoms with Crippen LogP contribution in [0.4, 0.5) is 5.69 Å². The van der Waals surface area contributed by atoms with Gasteiger partial charge in [0.1, 0.15) is 0 Å². The van der Waals surface area contributed by atoms with E-state index >= 15 is 0 Å². The lowest BCUT2D eigenvalue weighted by Crippen LogP contribution is -2.17. The van der Waals surface area contributed by atoms with E-state index in [2.05, 4.69) is 10.5 Å². The lowest BCUT2D eigenvalue weighted by atomic mass is 10.2. The summed E-state index contributed by atoms with van der Waals surface area (Å²) in [6.45, 7) is 0. The van der Waals surface area contributed by atoms with E-state index in [0.717, 1.165) is 6.21 Å². The van der Waals surface area contributed by atoms with Crippen molar-refractivity contribution in [2.45, 2.75) is 0 Å². The van der Waals surface area contributed by atoms with Crippen molar-refractivity contribution in [1.82, 2.24) is 5.43 Å². The molecule has 0 radical (unpaired) electrons. The highest BCUT2D eigenvalue weighted by Crippen LogP contribution is 2.30. The van der Waals surface area contributed by atoms with Crippen LogP contribution in [-0.2, 0) is 0 Å². The minimum absolute atomic E-state index is 0.107. The number of hydrogen-bond acceptors (Lipinski definition) is 7. The Morgan fingerprint density at radius 3 is 2.55 bits per heavy atom. The largest absolute Gasteiger partial charge is 0.457 e. The smallest absolute Gasteiger partial charge is 0.379 e. The van der Waals surface area contributed by atoms with Gasteiger partial charge in [0.2, 0.25) is 11.5 Å². The van der Waals surface area contributed by atoms with Crippen LogP contribution in [0.5, 0.6) is 5.75 Å². The second-order valence-electron chi connectivity index (χ2n) is 5.53. The standard InChI is InChI=1S/C19H12ClN3O6/c20-14-8-6-12(7-9-14)18(24)22-21-11-13-3-1-4-15(23(26)27)17(13)29-19(25)16-5-2-10-28-16/h1-11H,(H,22,24)/b21-11+. The molecule has 29 heavy (non-hydrogen) atoms. The number of nitro benzene ring substituents is 1. The third kappa shape index (κ3) is 4.85. The van der Waals surface area contributed by atoms with Crippen LogP contribution in [0.1, 0.15) is 26.5 Å². The number of nitro groups is 1. The summed E-state index contributed by atoms with van der Waals surface area (Å²) in [6.07, 6.45) is 2.40. The first-order chi connectivity index (χ1) is 14.0. The molecule has 10 heteroatoms. The molecule has 1 amide bonds. The number of benzene rings is 2. The fraction of sp³-hybridized carbons (Fsp3) is 0. The van der Waals surface area contributed by atoms with Gasteiger partial charge in [-0.15, -0.1) is 0 Å². The molecule has 1 N–H and O–H groups in total. The van der Waals surface area contributed by atoms with Crippen LogP contribution >= 0.6 is 11.6 Å². The van der Waals surface area contributed by atoms with Gasteiger partial charge in [0.25, 0.3) is 5.91 Å². The lowest BCUT2D eigenvalue weighted by molar-refractivity contribution is -0.385. The summed E-state index contributed by atoms with van der Waals surface area (Å²) in [5.74, 6) is -1.88. The minimum atomic E-state index is -0.913. The Balaban J connectivity index is 1.82. The van der Waals surface area contributed by atoms with E-state index in [1.807, 2.05) is 0 Å². The number of carbonyl (C=O) groups excluding carboxylic acids is 2. The van der Waals surface area contributed by atoms with Gasteiger partial charge >= 0.3 is 11.7 Å². The highest BCUT2D eigenvalue weighted by molar-refractivity contribution is 6.30. The zero-order valence-electron chi connectivity index (χ0n) is 14.6. The van der Waals surface area contributed by atoms with Crippen molar-refractivity contribution in [3.05, 3.63) is 92.9 Å². The Labute approximate surface area is 168 Å². The lowest BCUT2D eigenvalue weighted by Gasteiger charge is -2.07. The van der Waals surface area contributed by atoms with Gasteiger partial charge in [-0.2, -0.15) is 5.10 Å². The van der Waals surface area contributed by atoms with Crippen molar-refractivity contribution in [3.63, 3.8) is 0 Å². The molecule has 0 unspecified atom stereocenters. The third-order valence-electron chi connectivity index (χ3n) is 3.61. The number of hydrazone groups is 1. The van der Waals surface area contributed by atoms with Gasteiger partial charge in [0.05, 0.1) is 17.4 Å². The number of nitrogens with zero attached hydrogens (tertiary/aromatic N) is 2. The van der Waals surface area contributed by atoms with Gasteiger partial charge in [0.15, 0.2) is 0 Å². The van der Waals surface area contributed by atoms with Crippen LogP contribution in [-0.4, -0.2) is 23.0 Å². The molecule has 0 aliphatic carbocycles. The average Bonchev–Trinajstić information content (AvgIpc) is 3.24. The summed E-state index contributed by atoms with van der Waals surface area (Å²) >= 11 is 5.77. The van der Waals surface area contributed by atoms with E-state index in [1.165, 1.54) is 48.7 Å². The Morgan fingerprint density at radius 1 is 1.14 bits per heavy atom. The minimum Gasteiger partial charge on any atom is -0.457 e. The monoisotopic (exact) mass is 413 g/mol. The van der Waals surface area contributed by atoms with Crippen molar-refractivity contribution in [2.24, 2.45) is 5.10 Å². The number of rotatable bonds is 6. The summed E-state index contributed by atoms with van der Waals surface area (Å²) < 4.78 is 10.1. The molecule has 0 spiro atoms. The van der Waals surface area contributed by atoms with Gasteiger partial charge in [0, 0.05) is 22.2 Å². The average molecular weight is 414 g/mol. The first kappa shape index (κ1) is 19.8. The molecule has 0 saturated heterocycles. The van der Waals surface area contributed by atoms with E-state index in [0.29, 0.717) is 10.6 Å². The number of ether oxygens (including phenoxy) is 1. The number of para-hydroxylation sites is 1. The second-order valence-corrected chi connectivity index (χ2v) is 5.96. The summed E-state index contributed by atoms with van der Waals surface area (Å²) in [5.41, 5.74) is 2.26. The fourth-order valence-electron chi connectivity index (χ4n) is 2.26. The van der Waals surface area contributed by atoms with Crippen LogP contribution in [0.15, 0.2) is 70.4 Å². The molecule has 0 fully saturated rings. The zero-order chi connectivity index (χ0) is 20.8. The van der Waals surface area contributed by atoms with Gasteiger partial charge in [-0.05, 0) is 42.5 Å². The van der Waals surface area contributed by atoms with Crippen LogP contribution in [0.3, 0.4) is 0 Å². The number of amides is 1. The van der Waals surface area contributed by atoms with Gasteiger partial charge in [-0.3, -0.25) is 14.9 Å². The van der Waals surface area contributed by atoms with Crippen LogP contribution < -0.4 is 10.2 Å². The molecule has 146 valence electrons. The van der Waals surface area contributed by atoms with Crippen molar-refractivity contribution >= 4 is 35.4 Å². The molecule has 0 saturated carbocycles. The summed E-state index contributed by atoms with van der Waals surface area (Å²) in [4.78, 5) is 34.8. The number of nitrogens with one attached hydrogen (secondary N) is 1. The molecule has 3 aromatic rings. The molecule has 3 rings (SSSR count). The Morgan fingerprint density at radius 2 is 1.90 bits per heavy atom. The SMILES string of the molecule is O=C(N/N=C/c1cccc([N+](=O)[O-])c1OC(=O)c1ccco1)c1ccc(Cl)cc1. The van der Waals surface area contributed by atoms with E-state index < -0.39 is 22.5 Å². The zero-order valence-corrected chi connectivity index (χ0v) is 15.3. The number of halogens is 1. The summed E-state index contributed by atoms with van der Waals surface area (Å²) in [6, 6.07) is 13.0. The number of hydrogen-bond donors (Lipinski definition) is 1. The van der Waals surface area contributed by atoms with Crippen molar-refractivity contribution in [3.8, 4) is 5.75 Å². The van der Waals surface area contributed by atoms with Crippen molar-refractivity contribution in [1.29, 1.82) is 0 Å². The first-order valence-electron chi connectivity index (χ1n) is 8.08. The fourth-order valence-corrected chi connectivity index (χ4v) is 2.39. The normalized spacial score (nSPS) is 10.7. The maximum Gasteiger partial charge on any atom is 0.379 e. The molecule has 1 aromatic heterocycles. The molecule has 0 bridgehead atoms. The molecule has 2 aromatic carbocycles. The maximum absolute atomic E-state index is 12.1. The molecule has 0 aliphatic rings. The third-order valence-corrected chi connectivity index (χ3v) is 3.87. The highest BCUT2D eigenvalue weighted by Gasteiger charge is 2.23. The predicted octanol–water partition coefficient (Wildman–Crippen LogP) is 3.82.